The van der Waals surface area contributed by atoms with E-state index in [9.17, 15) is 4.79 Å². The quantitative estimate of drug-likeness (QED) is 0.653. The van der Waals surface area contributed by atoms with Gasteiger partial charge in [0.2, 0.25) is 0 Å². The first-order chi connectivity index (χ1) is 5.56. The molecule has 0 aromatic rings. The fraction of sp³-hybridized carbons (Fsp3) is 0.875. The molecule has 4 heteroatoms. The number of hydrogen-bond donors (Lipinski definition) is 2. The maximum atomic E-state index is 10.3. The summed E-state index contributed by atoms with van der Waals surface area (Å²) in [5.41, 5.74) is 0. The normalized spacial score (nSPS) is 13.0. The van der Waals surface area contributed by atoms with Gasteiger partial charge < -0.3 is 15.3 Å². The van der Waals surface area contributed by atoms with Crippen LogP contribution < -0.4 is 5.32 Å². The molecule has 0 saturated carbocycles. The molecule has 0 spiro atoms. The SMILES string of the molecule is CCC(CCN(C)C)NC(=O)O. The summed E-state index contributed by atoms with van der Waals surface area (Å²) in [6.07, 6.45) is 0.788. The first kappa shape index (κ1) is 11.2. The summed E-state index contributed by atoms with van der Waals surface area (Å²) in [5, 5.41) is 10.9. The van der Waals surface area contributed by atoms with E-state index in [1.54, 1.807) is 0 Å². The Morgan fingerprint density at radius 3 is 2.50 bits per heavy atom. The molecular weight excluding hydrogens is 156 g/mol. The van der Waals surface area contributed by atoms with Gasteiger partial charge in [0.1, 0.15) is 0 Å². The van der Waals surface area contributed by atoms with Crippen LogP contribution in [-0.2, 0) is 0 Å². The van der Waals surface area contributed by atoms with E-state index >= 15 is 0 Å². The molecular formula is C8H18N2O2. The van der Waals surface area contributed by atoms with Crippen LogP contribution in [0, 0.1) is 0 Å². The minimum Gasteiger partial charge on any atom is -0.465 e. The van der Waals surface area contributed by atoms with Crippen LogP contribution in [0.1, 0.15) is 19.8 Å². The number of carboxylic acid groups (broad SMARTS) is 1. The number of carbonyl (C=O) groups is 1. The molecule has 0 aromatic heterocycles. The Morgan fingerprint density at radius 2 is 2.17 bits per heavy atom. The summed E-state index contributed by atoms with van der Waals surface area (Å²) in [7, 11) is 3.96. The third-order valence-corrected chi connectivity index (χ3v) is 1.75. The first-order valence-corrected chi connectivity index (χ1v) is 4.20. The van der Waals surface area contributed by atoms with E-state index in [1.165, 1.54) is 0 Å². The zero-order valence-electron chi connectivity index (χ0n) is 8.00. The largest absolute Gasteiger partial charge is 0.465 e. The van der Waals surface area contributed by atoms with Gasteiger partial charge in [-0.15, -0.1) is 0 Å². The summed E-state index contributed by atoms with van der Waals surface area (Å²) >= 11 is 0. The number of amides is 1. The molecule has 1 amide bonds. The van der Waals surface area contributed by atoms with Crippen molar-refractivity contribution in [3.63, 3.8) is 0 Å². The Morgan fingerprint density at radius 1 is 1.58 bits per heavy atom. The molecule has 0 aliphatic carbocycles. The van der Waals surface area contributed by atoms with Gasteiger partial charge in [0, 0.05) is 6.04 Å². The summed E-state index contributed by atoms with van der Waals surface area (Å²) < 4.78 is 0. The molecule has 0 heterocycles. The first-order valence-electron chi connectivity index (χ1n) is 4.20. The average molecular weight is 174 g/mol. The number of nitrogens with zero attached hydrogens (tertiary/aromatic N) is 1. The molecule has 0 fully saturated rings. The van der Waals surface area contributed by atoms with E-state index in [1.807, 2.05) is 25.9 Å². The summed E-state index contributed by atoms with van der Waals surface area (Å²) in [5.74, 6) is 0. The molecule has 0 bridgehead atoms. The molecule has 0 radical (unpaired) electrons. The van der Waals surface area contributed by atoms with Gasteiger partial charge in [0.15, 0.2) is 0 Å². The van der Waals surface area contributed by atoms with Gasteiger partial charge >= 0.3 is 6.09 Å². The summed E-state index contributed by atoms with van der Waals surface area (Å²) in [4.78, 5) is 12.3. The Labute approximate surface area is 73.6 Å². The zero-order chi connectivity index (χ0) is 9.56. The maximum Gasteiger partial charge on any atom is 0.404 e. The topological polar surface area (TPSA) is 52.6 Å². The van der Waals surface area contributed by atoms with Gasteiger partial charge in [-0.3, -0.25) is 0 Å². The number of hydrogen-bond acceptors (Lipinski definition) is 2. The minimum atomic E-state index is -0.930. The Kier molecular flexibility index (Phi) is 5.45. The smallest absolute Gasteiger partial charge is 0.404 e. The predicted octanol–water partition coefficient (Wildman–Crippen LogP) is 0.984. The fourth-order valence-corrected chi connectivity index (χ4v) is 0.967. The number of rotatable bonds is 5. The van der Waals surface area contributed by atoms with Crippen LogP contribution in [0.5, 0.6) is 0 Å². The second kappa shape index (κ2) is 5.83. The highest BCUT2D eigenvalue weighted by atomic mass is 16.4. The lowest BCUT2D eigenvalue weighted by molar-refractivity contribution is 0.187. The lowest BCUT2D eigenvalue weighted by atomic mass is 10.1. The monoisotopic (exact) mass is 174 g/mol. The molecule has 12 heavy (non-hydrogen) atoms. The molecule has 0 aromatic carbocycles. The highest BCUT2D eigenvalue weighted by molar-refractivity contribution is 5.64. The third-order valence-electron chi connectivity index (χ3n) is 1.75. The molecule has 0 aliphatic heterocycles. The molecule has 1 atom stereocenters. The van der Waals surface area contributed by atoms with Crippen molar-refractivity contribution in [1.82, 2.24) is 10.2 Å². The van der Waals surface area contributed by atoms with Crippen LogP contribution in [0.3, 0.4) is 0 Å². The molecule has 0 rings (SSSR count). The maximum absolute atomic E-state index is 10.3. The van der Waals surface area contributed by atoms with Crippen LogP contribution >= 0.6 is 0 Å². The Hall–Kier alpha value is -0.770. The van der Waals surface area contributed by atoms with Gasteiger partial charge in [-0.2, -0.15) is 0 Å². The predicted molar refractivity (Wildman–Crippen MR) is 48.4 cm³/mol. The van der Waals surface area contributed by atoms with Crippen molar-refractivity contribution in [3.05, 3.63) is 0 Å². The Bertz CT molecular complexity index is 137. The molecule has 0 aliphatic rings. The van der Waals surface area contributed by atoms with Crippen LogP contribution in [0.15, 0.2) is 0 Å². The van der Waals surface area contributed by atoms with Gasteiger partial charge in [-0.25, -0.2) is 4.79 Å². The van der Waals surface area contributed by atoms with Crippen molar-refractivity contribution in [2.75, 3.05) is 20.6 Å². The van der Waals surface area contributed by atoms with Gasteiger partial charge in [-0.1, -0.05) is 6.92 Å². The van der Waals surface area contributed by atoms with E-state index in [2.05, 4.69) is 5.32 Å². The van der Waals surface area contributed by atoms with E-state index < -0.39 is 6.09 Å². The van der Waals surface area contributed by atoms with Crippen molar-refractivity contribution in [2.24, 2.45) is 0 Å². The molecule has 4 nitrogen and oxygen atoms in total. The zero-order valence-corrected chi connectivity index (χ0v) is 8.00. The van der Waals surface area contributed by atoms with Crippen LogP contribution in [0.2, 0.25) is 0 Å². The van der Waals surface area contributed by atoms with E-state index in [-0.39, 0.29) is 6.04 Å². The van der Waals surface area contributed by atoms with Crippen molar-refractivity contribution in [1.29, 1.82) is 0 Å². The van der Waals surface area contributed by atoms with Crippen molar-refractivity contribution < 1.29 is 9.90 Å². The van der Waals surface area contributed by atoms with Crippen LogP contribution in [-0.4, -0.2) is 42.8 Å². The molecule has 0 saturated heterocycles. The average Bonchev–Trinajstić information content (AvgIpc) is 1.97. The fourth-order valence-electron chi connectivity index (χ4n) is 0.967. The standard InChI is InChI=1S/C8H18N2O2/c1-4-7(9-8(11)12)5-6-10(2)3/h7,9H,4-6H2,1-3H3,(H,11,12). The van der Waals surface area contributed by atoms with Gasteiger partial charge in [-0.05, 0) is 33.5 Å². The lowest BCUT2D eigenvalue weighted by Gasteiger charge is -2.17. The molecule has 1 unspecified atom stereocenters. The highest BCUT2D eigenvalue weighted by Crippen LogP contribution is 1.97. The van der Waals surface area contributed by atoms with Crippen molar-refractivity contribution in [3.8, 4) is 0 Å². The highest BCUT2D eigenvalue weighted by Gasteiger charge is 2.08. The van der Waals surface area contributed by atoms with Crippen molar-refractivity contribution in [2.45, 2.75) is 25.8 Å². The third kappa shape index (κ3) is 5.97. The lowest BCUT2D eigenvalue weighted by Crippen LogP contribution is -2.35. The second-order valence-corrected chi connectivity index (χ2v) is 3.15. The van der Waals surface area contributed by atoms with Crippen molar-refractivity contribution >= 4 is 6.09 Å². The summed E-state index contributed by atoms with van der Waals surface area (Å²) in [6, 6.07) is 0.0879. The second-order valence-electron chi connectivity index (χ2n) is 3.15. The van der Waals surface area contributed by atoms with Crippen LogP contribution in [0.25, 0.3) is 0 Å². The minimum absolute atomic E-state index is 0.0879. The van der Waals surface area contributed by atoms with Gasteiger partial charge in [0.05, 0.1) is 0 Å². The summed E-state index contributed by atoms with van der Waals surface area (Å²) in [6.45, 7) is 2.90. The van der Waals surface area contributed by atoms with Crippen LogP contribution in [0.4, 0.5) is 4.79 Å². The number of nitrogens with one attached hydrogen (secondary N) is 1. The molecule has 72 valence electrons. The van der Waals surface area contributed by atoms with E-state index in [0.717, 1.165) is 19.4 Å². The van der Waals surface area contributed by atoms with E-state index in [4.69, 9.17) is 5.11 Å². The molecule has 2 N–H and O–H groups in total. The van der Waals surface area contributed by atoms with Gasteiger partial charge in [0.25, 0.3) is 0 Å². The van der Waals surface area contributed by atoms with E-state index in [0.29, 0.717) is 0 Å². The Balaban J connectivity index is 3.60.